The maximum Gasteiger partial charge on any atom is 0.335 e. The number of rotatable bonds is 5. The van der Waals surface area contributed by atoms with Gasteiger partial charge in [0.15, 0.2) is 0 Å². The molecule has 6 heteroatoms. The van der Waals surface area contributed by atoms with Gasteiger partial charge in [-0.2, -0.15) is 0 Å². The van der Waals surface area contributed by atoms with Crippen molar-refractivity contribution >= 4 is 23.2 Å². The van der Waals surface area contributed by atoms with Crippen LogP contribution in [0, 0.1) is 5.82 Å². The van der Waals surface area contributed by atoms with Crippen molar-refractivity contribution in [1.82, 2.24) is 0 Å². The van der Waals surface area contributed by atoms with Gasteiger partial charge >= 0.3 is 5.97 Å². The first kappa shape index (κ1) is 14.9. The second kappa shape index (κ2) is 6.32. The quantitative estimate of drug-likeness (QED) is 0.831. The van der Waals surface area contributed by atoms with Gasteiger partial charge in [-0.3, -0.25) is 0 Å². The highest BCUT2D eigenvalue weighted by Crippen LogP contribution is 2.18. The highest BCUT2D eigenvalue weighted by atomic mass is 32.1. The molecule has 0 aliphatic carbocycles. The lowest BCUT2D eigenvalue weighted by Gasteiger charge is -2.08. The van der Waals surface area contributed by atoms with E-state index < -0.39 is 11.8 Å². The molecule has 0 heterocycles. The molecule has 0 saturated heterocycles. The van der Waals surface area contributed by atoms with E-state index in [0.717, 1.165) is 5.56 Å². The predicted octanol–water partition coefficient (Wildman–Crippen LogP) is 2.74. The molecular weight excluding hydrogens is 293 g/mol. The van der Waals surface area contributed by atoms with Crippen LogP contribution < -0.4 is 10.5 Å². The van der Waals surface area contributed by atoms with Crippen molar-refractivity contribution in [2.45, 2.75) is 6.61 Å². The van der Waals surface area contributed by atoms with E-state index in [0.29, 0.717) is 5.75 Å². The van der Waals surface area contributed by atoms with Crippen LogP contribution in [0.15, 0.2) is 42.5 Å². The lowest BCUT2D eigenvalue weighted by molar-refractivity contribution is 0.0697. The first-order valence-electron chi connectivity index (χ1n) is 6.02. The van der Waals surface area contributed by atoms with Crippen LogP contribution in [0.2, 0.25) is 0 Å². The van der Waals surface area contributed by atoms with Crippen molar-refractivity contribution < 1.29 is 19.0 Å². The van der Waals surface area contributed by atoms with Crippen LogP contribution in [-0.4, -0.2) is 16.1 Å². The largest absolute Gasteiger partial charge is 0.489 e. The van der Waals surface area contributed by atoms with Crippen LogP contribution in [0.5, 0.6) is 5.75 Å². The molecule has 0 radical (unpaired) electrons. The summed E-state index contributed by atoms with van der Waals surface area (Å²) in [6.45, 7) is 0.200. The number of ether oxygens (including phenoxy) is 1. The topological polar surface area (TPSA) is 72.5 Å². The number of aromatic carboxylic acids is 1. The minimum atomic E-state index is -0.988. The summed E-state index contributed by atoms with van der Waals surface area (Å²) in [5, 5.41) is 8.79. The number of carboxylic acid groups (broad SMARTS) is 1. The summed E-state index contributed by atoms with van der Waals surface area (Å²) in [4.78, 5) is 10.7. The van der Waals surface area contributed by atoms with Gasteiger partial charge in [0.1, 0.15) is 23.2 Å². The summed E-state index contributed by atoms with van der Waals surface area (Å²) < 4.78 is 19.1. The fourth-order valence-corrected chi connectivity index (χ4v) is 1.86. The Hall–Kier alpha value is -2.47. The van der Waals surface area contributed by atoms with E-state index in [-0.39, 0.29) is 22.7 Å². The van der Waals surface area contributed by atoms with Crippen LogP contribution in [-0.2, 0) is 6.61 Å². The molecule has 21 heavy (non-hydrogen) atoms. The third-order valence-corrected chi connectivity index (χ3v) is 3.03. The van der Waals surface area contributed by atoms with Gasteiger partial charge in [-0.05, 0) is 29.8 Å². The number of nitrogens with two attached hydrogens (primary N) is 1. The van der Waals surface area contributed by atoms with E-state index in [1.807, 2.05) is 0 Å². The average molecular weight is 305 g/mol. The summed E-state index contributed by atoms with van der Waals surface area (Å²) >= 11 is 4.72. The Morgan fingerprint density at radius 3 is 2.43 bits per heavy atom. The molecular formula is C15H12FNO3S. The Bertz CT molecular complexity index is 686. The minimum Gasteiger partial charge on any atom is -0.489 e. The number of hydrogen-bond donors (Lipinski definition) is 2. The highest BCUT2D eigenvalue weighted by Gasteiger charge is 2.07. The maximum absolute atomic E-state index is 13.7. The molecule has 0 fully saturated rings. The van der Waals surface area contributed by atoms with E-state index in [2.05, 4.69) is 0 Å². The van der Waals surface area contributed by atoms with E-state index >= 15 is 0 Å². The molecule has 108 valence electrons. The van der Waals surface area contributed by atoms with Crippen molar-refractivity contribution in [3.63, 3.8) is 0 Å². The molecule has 0 aromatic heterocycles. The molecule has 4 nitrogen and oxygen atoms in total. The number of thiocarbonyl (C=S) groups is 1. The Labute approximate surface area is 126 Å². The van der Waals surface area contributed by atoms with Crippen molar-refractivity contribution in [2.24, 2.45) is 5.73 Å². The number of benzene rings is 2. The van der Waals surface area contributed by atoms with Gasteiger partial charge in [0.2, 0.25) is 0 Å². The molecule has 0 spiro atoms. The summed E-state index contributed by atoms with van der Waals surface area (Å²) in [5.74, 6) is -1.19. The van der Waals surface area contributed by atoms with Crippen LogP contribution in [0.1, 0.15) is 21.5 Å². The molecule has 0 bridgehead atoms. The number of halogens is 1. The molecule has 3 N–H and O–H groups in total. The zero-order valence-electron chi connectivity index (χ0n) is 10.9. The number of carbonyl (C=O) groups is 1. The molecule has 0 amide bonds. The van der Waals surface area contributed by atoms with Gasteiger partial charge in [0, 0.05) is 11.6 Å². The summed E-state index contributed by atoms with van der Waals surface area (Å²) in [5.41, 5.74) is 6.52. The van der Waals surface area contributed by atoms with Gasteiger partial charge in [0.05, 0.1) is 5.56 Å². The Kier molecular flexibility index (Phi) is 4.49. The molecule has 2 rings (SSSR count). The Balaban J connectivity index is 2.04. The lowest BCUT2D eigenvalue weighted by Crippen LogP contribution is -2.11. The standard InChI is InChI=1S/C15H12FNO3S/c16-13-7-11(5-6-12(13)14(17)21)20-8-9-1-3-10(4-2-9)15(18)19/h1-7H,8H2,(H2,17,21)(H,18,19). The van der Waals surface area contributed by atoms with Gasteiger partial charge in [0.25, 0.3) is 0 Å². The SMILES string of the molecule is NC(=S)c1ccc(OCc2ccc(C(=O)O)cc2)cc1F. The molecule has 0 atom stereocenters. The van der Waals surface area contributed by atoms with Gasteiger partial charge < -0.3 is 15.6 Å². The highest BCUT2D eigenvalue weighted by molar-refractivity contribution is 7.80. The second-order valence-electron chi connectivity index (χ2n) is 4.30. The van der Waals surface area contributed by atoms with Crippen molar-refractivity contribution in [2.75, 3.05) is 0 Å². The van der Waals surface area contributed by atoms with Crippen molar-refractivity contribution in [3.8, 4) is 5.75 Å². The third-order valence-electron chi connectivity index (χ3n) is 2.81. The van der Waals surface area contributed by atoms with Crippen molar-refractivity contribution in [3.05, 3.63) is 65.0 Å². The van der Waals surface area contributed by atoms with E-state index in [9.17, 15) is 9.18 Å². The van der Waals surface area contributed by atoms with Gasteiger partial charge in [-0.15, -0.1) is 0 Å². The van der Waals surface area contributed by atoms with Crippen molar-refractivity contribution in [1.29, 1.82) is 0 Å². The third kappa shape index (κ3) is 3.76. The van der Waals surface area contributed by atoms with Crippen LogP contribution in [0.25, 0.3) is 0 Å². The molecule has 0 unspecified atom stereocenters. The van der Waals surface area contributed by atoms with Crippen LogP contribution >= 0.6 is 12.2 Å². The molecule has 0 saturated carbocycles. The van der Waals surface area contributed by atoms with Gasteiger partial charge in [-0.25, -0.2) is 9.18 Å². The molecule has 2 aromatic rings. The zero-order valence-corrected chi connectivity index (χ0v) is 11.7. The molecule has 0 aliphatic heterocycles. The normalized spacial score (nSPS) is 10.1. The minimum absolute atomic E-state index is 0.0108. The predicted molar refractivity (Wildman–Crippen MR) is 80.0 cm³/mol. The molecule has 0 aliphatic rings. The Morgan fingerprint density at radius 2 is 1.90 bits per heavy atom. The fourth-order valence-electron chi connectivity index (χ4n) is 1.70. The zero-order chi connectivity index (χ0) is 15.4. The van der Waals surface area contributed by atoms with Crippen LogP contribution in [0.3, 0.4) is 0 Å². The smallest absolute Gasteiger partial charge is 0.335 e. The Morgan fingerprint density at radius 1 is 1.24 bits per heavy atom. The average Bonchev–Trinajstić information content (AvgIpc) is 2.45. The van der Waals surface area contributed by atoms with Gasteiger partial charge in [-0.1, -0.05) is 24.4 Å². The summed E-state index contributed by atoms with van der Waals surface area (Å²) in [6.07, 6.45) is 0. The number of hydrogen-bond acceptors (Lipinski definition) is 3. The first-order valence-corrected chi connectivity index (χ1v) is 6.42. The monoisotopic (exact) mass is 305 g/mol. The first-order chi connectivity index (χ1) is 9.97. The lowest BCUT2D eigenvalue weighted by atomic mass is 10.1. The fraction of sp³-hybridized carbons (Fsp3) is 0.0667. The molecule has 2 aromatic carbocycles. The second-order valence-corrected chi connectivity index (χ2v) is 4.74. The number of carboxylic acids is 1. The van der Waals surface area contributed by atoms with Crippen LogP contribution in [0.4, 0.5) is 4.39 Å². The summed E-state index contributed by atoms with van der Waals surface area (Å²) in [6, 6.07) is 10.5. The van der Waals surface area contributed by atoms with E-state index in [1.165, 1.54) is 24.3 Å². The van der Waals surface area contributed by atoms with E-state index in [1.54, 1.807) is 18.2 Å². The van der Waals surface area contributed by atoms with E-state index in [4.69, 9.17) is 27.8 Å². The summed E-state index contributed by atoms with van der Waals surface area (Å²) in [7, 11) is 0. The maximum atomic E-state index is 13.7.